The lowest BCUT2D eigenvalue weighted by Crippen LogP contribution is -2.30. The van der Waals surface area contributed by atoms with Crippen molar-refractivity contribution in [3.8, 4) is 22.9 Å². The van der Waals surface area contributed by atoms with Crippen molar-refractivity contribution in [3.05, 3.63) is 73.0 Å². The van der Waals surface area contributed by atoms with Gasteiger partial charge in [-0.3, -0.25) is 9.78 Å². The predicted molar refractivity (Wildman–Crippen MR) is 125 cm³/mol. The van der Waals surface area contributed by atoms with Crippen LogP contribution in [-0.2, 0) is 0 Å². The Balaban J connectivity index is 1.43. The number of aromatic amines is 1. The van der Waals surface area contributed by atoms with Crippen LogP contribution in [0.2, 0.25) is 10.0 Å². The molecule has 2 fully saturated rings. The Morgan fingerprint density at radius 2 is 1.91 bits per heavy atom. The van der Waals surface area contributed by atoms with Gasteiger partial charge in [0.25, 0.3) is 5.56 Å². The third kappa shape index (κ3) is 4.14. The monoisotopic (exact) mass is 488 g/mol. The van der Waals surface area contributed by atoms with Crippen LogP contribution >= 0.6 is 23.2 Å². The van der Waals surface area contributed by atoms with Crippen LogP contribution in [0.4, 0.5) is 0 Å². The number of benzene rings is 2. The van der Waals surface area contributed by atoms with Gasteiger partial charge in [0, 0.05) is 11.6 Å². The number of ether oxygens (including phenoxy) is 1. The van der Waals surface area contributed by atoms with Crippen molar-refractivity contribution >= 4 is 23.2 Å². The Labute approximate surface area is 198 Å². The molecular weight excluding hydrogens is 467 g/mol. The molecule has 10 heteroatoms. The van der Waals surface area contributed by atoms with E-state index in [1.165, 1.54) is 31.4 Å². The number of phenols is 1. The lowest BCUT2D eigenvalue weighted by molar-refractivity contribution is 0.280. The number of nitrogens with one attached hydrogen (secondary N) is 1. The number of aromatic nitrogens is 3. The van der Waals surface area contributed by atoms with Crippen LogP contribution in [0.3, 0.4) is 0 Å². The molecular formula is C23H22Cl2N4O4. The molecule has 4 unspecified atom stereocenters. The third-order valence-corrected chi connectivity index (χ3v) is 7.33. The number of halogens is 2. The molecule has 4 N–H and O–H groups in total. The second-order valence-electron chi connectivity index (χ2n) is 8.78. The average Bonchev–Trinajstić information content (AvgIpc) is 3.40. The first-order valence-electron chi connectivity index (χ1n) is 10.7. The summed E-state index contributed by atoms with van der Waals surface area (Å²) in [6.07, 6.45) is 5.76. The van der Waals surface area contributed by atoms with E-state index in [0.717, 1.165) is 23.2 Å². The Morgan fingerprint density at radius 3 is 2.55 bits per heavy atom. The van der Waals surface area contributed by atoms with Crippen molar-refractivity contribution in [2.75, 3.05) is 0 Å². The summed E-state index contributed by atoms with van der Waals surface area (Å²) < 4.78 is 6.92. The fraction of sp³-hybridized carbons (Fsp3) is 0.348. The van der Waals surface area contributed by atoms with Crippen LogP contribution in [0.15, 0.2) is 46.1 Å². The SMILES string of the molecule is NC(c1cc(Oc2c(Cl)cc(-n3ncc(=O)[nH]c3=O)cc2Cl)ccc1O)C1CC2CCC1C2. The van der Waals surface area contributed by atoms with Gasteiger partial charge in [0.1, 0.15) is 17.7 Å². The molecule has 0 radical (unpaired) electrons. The van der Waals surface area contributed by atoms with E-state index in [0.29, 0.717) is 23.1 Å². The number of fused-ring (bicyclic) bond motifs is 2. The van der Waals surface area contributed by atoms with E-state index in [1.54, 1.807) is 18.2 Å². The van der Waals surface area contributed by atoms with Crippen molar-refractivity contribution in [2.45, 2.75) is 31.7 Å². The number of nitrogens with two attached hydrogens (primary N) is 1. The lowest BCUT2D eigenvalue weighted by Gasteiger charge is -2.28. The Kier molecular flexibility index (Phi) is 5.68. The van der Waals surface area contributed by atoms with Gasteiger partial charge in [-0.2, -0.15) is 9.78 Å². The van der Waals surface area contributed by atoms with Gasteiger partial charge in [-0.15, -0.1) is 0 Å². The molecule has 0 aliphatic heterocycles. The predicted octanol–water partition coefficient (Wildman–Crippen LogP) is 4.16. The quantitative estimate of drug-likeness (QED) is 0.495. The van der Waals surface area contributed by atoms with Crippen molar-refractivity contribution in [2.24, 2.45) is 23.5 Å². The molecule has 1 heterocycles. The maximum atomic E-state index is 12.0. The van der Waals surface area contributed by atoms with Gasteiger partial charge in [0.2, 0.25) is 0 Å². The van der Waals surface area contributed by atoms with E-state index >= 15 is 0 Å². The van der Waals surface area contributed by atoms with Gasteiger partial charge in [-0.05, 0) is 67.3 Å². The summed E-state index contributed by atoms with van der Waals surface area (Å²) in [6.45, 7) is 0. The summed E-state index contributed by atoms with van der Waals surface area (Å²) in [7, 11) is 0. The largest absolute Gasteiger partial charge is 0.508 e. The molecule has 2 bridgehead atoms. The zero-order valence-electron chi connectivity index (χ0n) is 17.5. The van der Waals surface area contributed by atoms with Crippen LogP contribution < -0.4 is 21.7 Å². The highest BCUT2D eigenvalue weighted by Crippen LogP contribution is 2.53. The van der Waals surface area contributed by atoms with E-state index in [4.69, 9.17) is 33.7 Å². The minimum absolute atomic E-state index is 0.133. The van der Waals surface area contributed by atoms with Crippen LogP contribution in [0, 0.1) is 17.8 Å². The Morgan fingerprint density at radius 1 is 1.15 bits per heavy atom. The van der Waals surface area contributed by atoms with Crippen molar-refractivity contribution < 1.29 is 9.84 Å². The lowest BCUT2D eigenvalue weighted by atomic mass is 9.80. The summed E-state index contributed by atoms with van der Waals surface area (Å²) in [4.78, 5) is 25.4. The average molecular weight is 489 g/mol. The zero-order valence-corrected chi connectivity index (χ0v) is 19.0. The van der Waals surface area contributed by atoms with E-state index in [9.17, 15) is 14.7 Å². The molecule has 2 aliphatic carbocycles. The first kappa shape index (κ1) is 22.0. The zero-order chi connectivity index (χ0) is 23.3. The van der Waals surface area contributed by atoms with Crippen LogP contribution in [0.5, 0.6) is 17.2 Å². The minimum atomic E-state index is -0.721. The normalized spacial score (nSPS) is 22.5. The summed E-state index contributed by atoms with van der Waals surface area (Å²) in [5.41, 5.74) is 6.16. The van der Waals surface area contributed by atoms with Crippen molar-refractivity contribution in [1.82, 2.24) is 14.8 Å². The molecule has 33 heavy (non-hydrogen) atoms. The van der Waals surface area contributed by atoms with E-state index < -0.39 is 11.2 Å². The van der Waals surface area contributed by atoms with Gasteiger partial charge in [0.05, 0.1) is 15.7 Å². The van der Waals surface area contributed by atoms with E-state index in [-0.39, 0.29) is 33.3 Å². The molecule has 172 valence electrons. The minimum Gasteiger partial charge on any atom is -0.508 e. The van der Waals surface area contributed by atoms with Crippen molar-refractivity contribution in [1.29, 1.82) is 0 Å². The van der Waals surface area contributed by atoms with Gasteiger partial charge in [-0.25, -0.2) is 4.79 Å². The smallest absolute Gasteiger partial charge is 0.349 e. The number of hydrogen-bond acceptors (Lipinski definition) is 6. The molecule has 5 rings (SSSR count). The van der Waals surface area contributed by atoms with E-state index in [2.05, 4.69) is 10.1 Å². The van der Waals surface area contributed by atoms with Gasteiger partial charge < -0.3 is 15.6 Å². The molecule has 0 amide bonds. The second kappa shape index (κ2) is 8.52. The fourth-order valence-electron chi connectivity index (χ4n) is 5.25. The number of hydrogen-bond donors (Lipinski definition) is 3. The van der Waals surface area contributed by atoms with Crippen molar-refractivity contribution in [3.63, 3.8) is 0 Å². The highest BCUT2D eigenvalue weighted by atomic mass is 35.5. The van der Waals surface area contributed by atoms with Crippen LogP contribution in [-0.4, -0.2) is 19.9 Å². The van der Waals surface area contributed by atoms with Gasteiger partial charge in [0.15, 0.2) is 5.75 Å². The molecule has 8 nitrogen and oxygen atoms in total. The second-order valence-corrected chi connectivity index (χ2v) is 9.59. The first-order valence-corrected chi connectivity index (χ1v) is 11.5. The van der Waals surface area contributed by atoms with Crippen LogP contribution in [0.25, 0.3) is 5.69 Å². The molecule has 2 aliphatic rings. The topological polar surface area (TPSA) is 123 Å². The number of H-pyrrole nitrogens is 1. The fourth-order valence-corrected chi connectivity index (χ4v) is 5.80. The number of aromatic hydroxyl groups is 1. The molecule has 2 saturated carbocycles. The van der Waals surface area contributed by atoms with Crippen LogP contribution in [0.1, 0.15) is 37.3 Å². The van der Waals surface area contributed by atoms with Gasteiger partial charge >= 0.3 is 5.69 Å². The maximum Gasteiger partial charge on any atom is 0.349 e. The standard InChI is InChI=1S/C23H22Cl2N4O4/c24-17-7-13(29-23(32)28-20(31)10-27-29)8-18(25)22(17)33-14-3-4-19(30)16(9-14)21(26)15-6-11-1-2-12(15)5-11/h3-4,7-12,15,21,30H,1-2,5-6,26H2,(H,28,31,32). The number of rotatable bonds is 5. The molecule has 0 saturated heterocycles. The third-order valence-electron chi connectivity index (χ3n) is 6.77. The maximum absolute atomic E-state index is 12.0. The highest BCUT2D eigenvalue weighted by Gasteiger charge is 2.43. The number of phenolic OH excluding ortho intramolecular Hbond substituents is 1. The molecule has 4 atom stereocenters. The Hall–Kier alpha value is -2.81. The Bertz CT molecular complexity index is 1320. The van der Waals surface area contributed by atoms with Gasteiger partial charge in [-0.1, -0.05) is 29.6 Å². The first-order chi connectivity index (χ1) is 15.8. The summed E-state index contributed by atoms with van der Waals surface area (Å²) >= 11 is 12.8. The molecule has 0 spiro atoms. The van der Waals surface area contributed by atoms with E-state index in [1.807, 2.05) is 0 Å². The molecule has 1 aromatic heterocycles. The highest BCUT2D eigenvalue weighted by molar-refractivity contribution is 6.37. The number of nitrogens with zero attached hydrogens (tertiary/aromatic N) is 2. The summed E-state index contributed by atoms with van der Waals surface area (Å²) in [6, 6.07) is 7.52. The molecule has 3 aromatic rings. The molecule has 2 aromatic carbocycles. The summed E-state index contributed by atoms with van der Waals surface area (Å²) in [5, 5.41) is 14.6. The summed E-state index contributed by atoms with van der Waals surface area (Å²) in [5.74, 6) is 2.44.